The molecule has 4 heteroatoms. The Morgan fingerprint density at radius 3 is 2.54 bits per heavy atom. The number of nitrogens with one attached hydrogen (secondary N) is 1. The Labute approximate surface area is 76.7 Å². The maximum Gasteiger partial charge on any atom is 0.389 e. The van der Waals surface area contributed by atoms with Crippen molar-refractivity contribution in [2.45, 2.75) is 38.8 Å². The molecule has 0 amide bonds. The van der Waals surface area contributed by atoms with Crippen LogP contribution in [0.3, 0.4) is 0 Å². The summed E-state index contributed by atoms with van der Waals surface area (Å²) in [4.78, 5) is 0. The lowest BCUT2D eigenvalue weighted by atomic mass is 9.84. The Bertz CT molecular complexity index is 159. The Hall–Kier alpha value is -0.250. The normalized spacial score (nSPS) is 29.5. The monoisotopic (exact) mass is 195 g/mol. The molecular formula is C9H16F3N. The fourth-order valence-corrected chi connectivity index (χ4v) is 1.80. The first-order valence-electron chi connectivity index (χ1n) is 4.69. The summed E-state index contributed by atoms with van der Waals surface area (Å²) >= 11 is 0. The standard InChI is InChI=1S/C9H16F3N/c1-8(5-6-13-7-8)3-2-4-9(10,11)12/h13H,2-7H2,1H3. The van der Waals surface area contributed by atoms with E-state index in [1.54, 1.807) is 0 Å². The Balaban J connectivity index is 2.18. The van der Waals surface area contributed by atoms with Crippen LogP contribution >= 0.6 is 0 Å². The van der Waals surface area contributed by atoms with Gasteiger partial charge in [-0.3, -0.25) is 0 Å². The van der Waals surface area contributed by atoms with E-state index in [1.807, 2.05) is 0 Å². The summed E-state index contributed by atoms with van der Waals surface area (Å²) in [5, 5.41) is 3.18. The van der Waals surface area contributed by atoms with Crippen LogP contribution in [0.2, 0.25) is 0 Å². The molecule has 1 heterocycles. The van der Waals surface area contributed by atoms with Gasteiger partial charge in [0.1, 0.15) is 0 Å². The fraction of sp³-hybridized carbons (Fsp3) is 1.00. The van der Waals surface area contributed by atoms with Crippen molar-refractivity contribution in [3.05, 3.63) is 0 Å². The van der Waals surface area contributed by atoms with E-state index in [0.29, 0.717) is 6.42 Å². The number of alkyl halides is 3. The van der Waals surface area contributed by atoms with E-state index in [0.717, 1.165) is 19.5 Å². The molecule has 0 aliphatic carbocycles. The highest BCUT2D eigenvalue weighted by molar-refractivity contribution is 4.83. The molecule has 1 nitrogen and oxygen atoms in total. The van der Waals surface area contributed by atoms with Gasteiger partial charge in [-0.25, -0.2) is 0 Å². The zero-order valence-electron chi connectivity index (χ0n) is 7.88. The molecule has 1 saturated heterocycles. The van der Waals surface area contributed by atoms with Crippen molar-refractivity contribution in [2.75, 3.05) is 13.1 Å². The molecular weight excluding hydrogens is 179 g/mol. The van der Waals surface area contributed by atoms with Gasteiger partial charge in [0.15, 0.2) is 0 Å². The Morgan fingerprint density at radius 1 is 1.38 bits per heavy atom. The summed E-state index contributed by atoms with van der Waals surface area (Å²) in [6.45, 7) is 3.87. The average Bonchev–Trinajstić information content (AvgIpc) is 2.33. The molecule has 0 aromatic carbocycles. The number of rotatable bonds is 3. The minimum Gasteiger partial charge on any atom is -0.316 e. The van der Waals surface area contributed by atoms with E-state index in [-0.39, 0.29) is 11.8 Å². The molecule has 1 unspecified atom stereocenters. The molecule has 1 N–H and O–H groups in total. The van der Waals surface area contributed by atoms with Gasteiger partial charge in [0.05, 0.1) is 0 Å². The third kappa shape index (κ3) is 3.98. The highest BCUT2D eigenvalue weighted by atomic mass is 19.4. The molecule has 1 aliphatic heterocycles. The molecule has 0 radical (unpaired) electrons. The van der Waals surface area contributed by atoms with E-state index >= 15 is 0 Å². The molecule has 13 heavy (non-hydrogen) atoms. The number of halogens is 3. The number of hydrogen-bond acceptors (Lipinski definition) is 1. The van der Waals surface area contributed by atoms with Gasteiger partial charge >= 0.3 is 6.18 Å². The lowest BCUT2D eigenvalue weighted by molar-refractivity contribution is -0.136. The van der Waals surface area contributed by atoms with Crippen LogP contribution < -0.4 is 5.32 Å². The summed E-state index contributed by atoms with van der Waals surface area (Å²) in [6.07, 6.45) is -2.67. The van der Waals surface area contributed by atoms with Crippen LogP contribution in [-0.4, -0.2) is 19.3 Å². The van der Waals surface area contributed by atoms with E-state index < -0.39 is 12.6 Å². The third-order valence-corrected chi connectivity index (χ3v) is 2.70. The first-order valence-corrected chi connectivity index (χ1v) is 4.69. The maximum atomic E-state index is 11.8. The molecule has 0 bridgehead atoms. The van der Waals surface area contributed by atoms with Gasteiger partial charge in [-0.05, 0) is 31.2 Å². The molecule has 1 aliphatic rings. The van der Waals surface area contributed by atoms with E-state index in [9.17, 15) is 13.2 Å². The smallest absolute Gasteiger partial charge is 0.316 e. The molecule has 1 fully saturated rings. The molecule has 78 valence electrons. The predicted molar refractivity (Wildman–Crippen MR) is 45.5 cm³/mol. The van der Waals surface area contributed by atoms with Gasteiger partial charge in [0.25, 0.3) is 0 Å². The zero-order chi connectivity index (χ0) is 9.95. The van der Waals surface area contributed by atoms with Gasteiger partial charge in [-0.1, -0.05) is 6.92 Å². The van der Waals surface area contributed by atoms with Crippen LogP contribution in [0.5, 0.6) is 0 Å². The van der Waals surface area contributed by atoms with Gasteiger partial charge in [0.2, 0.25) is 0 Å². The van der Waals surface area contributed by atoms with Crippen molar-refractivity contribution >= 4 is 0 Å². The van der Waals surface area contributed by atoms with Crippen molar-refractivity contribution in [3.8, 4) is 0 Å². The number of hydrogen-bond donors (Lipinski definition) is 1. The average molecular weight is 195 g/mol. The van der Waals surface area contributed by atoms with Crippen molar-refractivity contribution in [1.29, 1.82) is 0 Å². The zero-order valence-corrected chi connectivity index (χ0v) is 7.88. The molecule has 0 saturated carbocycles. The van der Waals surface area contributed by atoms with Crippen molar-refractivity contribution in [2.24, 2.45) is 5.41 Å². The van der Waals surface area contributed by atoms with Crippen molar-refractivity contribution < 1.29 is 13.2 Å². The molecule has 0 aromatic rings. The fourth-order valence-electron chi connectivity index (χ4n) is 1.80. The van der Waals surface area contributed by atoms with Crippen molar-refractivity contribution in [3.63, 3.8) is 0 Å². The largest absolute Gasteiger partial charge is 0.389 e. The van der Waals surface area contributed by atoms with Crippen LogP contribution in [0.1, 0.15) is 32.6 Å². The van der Waals surface area contributed by atoms with Gasteiger partial charge in [0, 0.05) is 13.0 Å². The summed E-state index contributed by atoms with van der Waals surface area (Å²) in [6, 6.07) is 0. The Morgan fingerprint density at radius 2 is 2.08 bits per heavy atom. The highest BCUT2D eigenvalue weighted by Gasteiger charge is 2.31. The minimum absolute atomic E-state index is 0.102. The summed E-state index contributed by atoms with van der Waals surface area (Å²) in [5.74, 6) is 0. The first-order chi connectivity index (χ1) is 5.91. The SMILES string of the molecule is CC1(CCCC(F)(F)F)CCNC1. The second-order valence-corrected chi connectivity index (χ2v) is 4.21. The predicted octanol–water partition coefficient (Wildman–Crippen LogP) is 2.72. The van der Waals surface area contributed by atoms with Crippen molar-refractivity contribution in [1.82, 2.24) is 5.32 Å². The summed E-state index contributed by atoms with van der Waals surface area (Å²) < 4.78 is 35.5. The lowest BCUT2D eigenvalue weighted by Crippen LogP contribution is -2.20. The van der Waals surface area contributed by atoms with Crippen LogP contribution in [0.4, 0.5) is 13.2 Å². The summed E-state index contributed by atoms with van der Waals surface area (Å²) in [5.41, 5.74) is 0.102. The van der Waals surface area contributed by atoms with E-state index in [4.69, 9.17) is 0 Å². The molecule has 0 aromatic heterocycles. The topological polar surface area (TPSA) is 12.0 Å². The van der Waals surface area contributed by atoms with Gasteiger partial charge in [-0.15, -0.1) is 0 Å². The van der Waals surface area contributed by atoms with Crippen LogP contribution in [0.25, 0.3) is 0 Å². The van der Waals surface area contributed by atoms with Crippen LogP contribution in [0, 0.1) is 5.41 Å². The second kappa shape index (κ2) is 3.86. The quantitative estimate of drug-likeness (QED) is 0.730. The van der Waals surface area contributed by atoms with E-state index in [2.05, 4.69) is 12.2 Å². The van der Waals surface area contributed by atoms with Gasteiger partial charge < -0.3 is 5.32 Å². The first kappa shape index (κ1) is 10.8. The minimum atomic E-state index is -3.98. The van der Waals surface area contributed by atoms with E-state index in [1.165, 1.54) is 0 Å². The summed E-state index contributed by atoms with van der Waals surface area (Å²) in [7, 11) is 0. The van der Waals surface area contributed by atoms with Gasteiger partial charge in [-0.2, -0.15) is 13.2 Å². The maximum absolute atomic E-state index is 11.8. The Kier molecular flexibility index (Phi) is 3.22. The lowest BCUT2D eigenvalue weighted by Gasteiger charge is -2.22. The molecule has 1 rings (SSSR count). The second-order valence-electron chi connectivity index (χ2n) is 4.21. The molecule has 1 atom stereocenters. The molecule has 0 spiro atoms. The van der Waals surface area contributed by atoms with Crippen LogP contribution in [0.15, 0.2) is 0 Å². The van der Waals surface area contributed by atoms with Crippen LogP contribution in [-0.2, 0) is 0 Å². The highest BCUT2D eigenvalue weighted by Crippen LogP contribution is 2.33. The third-order valence-electron chi connectivity index (χ3n) is 2.70.